The predicted octanol–water partition coefficient (Wildman–Crippen LogP) is 3.72. The summed E-state index contributed by atoms with van der Waals surface area (Å²) in [6.07, 6.45) is 4.10. The summed E-state index contributed by atoms with van der Waals surface area (Å²) < 4.78 is 38.7. The number of anilines is 1. The third-order valence-corrected chi connectivity index (χ3v) is 6.63. The molecule has 1 atom stereocenters. The number of nitrogens with zero attached hydrogens (tertiary/aromatic N) is 3. The van der Waals surface area contributed by atoms with E-state index in [0.29, 0.717) is 29.0 Å². The number of fused-ring (bicyclic) bond motifs is 1. The molecule has 0 aliphatic rings. The van der Waals surface area contributed by atoms with Crippen molar-refractivity contribution in [2.75, 3.05) is 26.5 Å². The lowest BCUT2D eigenvalue weighted by Crippen LogP contribution is -2.44. The number of carbonyl (C=O) groups excluding carboxylic acids is 3. The average Bonchev–Trinajstić information content (AvgIpc) is 3.41. The van der Waals surface area contributed by atoms with Crippen LogP contribution in [0.15, 0.2) is 71.7 Å². The van der Waals surface area contributed by atoms with Crippen molar-refractivity contribution in [1.82, 2.24) is 24.8 Å². The Bertz CT molecular complexity index is 1780. The Kier molecular flexibility index (Phi) is 10.6. The molecule has 0 aliphatic carbocycles. The zero-order valence-corrected chi connectivity index (χ0v) is 24.8. The average molecular weight is 623 g/mol. The summed E-state index contributed by atoms with van der Waals surface area (Å²) in [5.74, 6) is -1.37. The molecular formula is C31H32F2N6O6. The van der Waals surface area contributed by atoms with Crippen molar-refractivity contribution >= 4 is 34.6 Å². The molecule has 0 saturated heterocycles. The fraction of sp³-hybridized carbons (Fsp3) is 0.258. The molecule has 4 aromatic rings. The summed E-state index contributed by atoms with van der Waals surface area (Å²) in [6, 6.07) is 10.3. The summed E-state index contributed by atoms with van der Waals surface area (Å²) >= 11 is 0. The van der Waals surface area contributed by atoms with Crippen molar-refractivity contribution < 1.29 is 32.6 Å². The lowest BCUT2D eigenvalue weighted by atomic mass is 10.1. The van der Waals surface area contributed by atoms with E-state index in [1.165, 1.54) is 33.9 Å². The number of benzene rings is 2. The molecule has 1 unspecified atom stereocenters. The van der Waals surface area contributed by atoms with Gasteiger partial charge in [0.05, 0.1) is 24.7 Å². The molecule has 0 radical (unpaired) electrons. The molecule has 236 valence electrons. The highest BCUT2D eigenvalue weighted by molar-refractivity contribution is 5.96. The monoisotopic (exact) mass is 622 g/mol. The number of hydrogen-bond donors (Lipinski definition) is 3. The number of halogens is 2. The molecule has 4 rings (SSSR count). The first-order valence-corrected chi connectivity index (χ1v) is 13.8. The minimum Gasteiger partial charge on any atom is -0.489 e. The van der Waals surface area contributed by atoms with Crippen LogP contribution in [-0.2, 0) is 27.5 Å². The Hall–Kier alpha value is -5.53. The number of H-pyrrole nitrogens is 1. The normalized spacial score (nSPS) is 11.8. The molecule has 0 fully saturated rings. The van der Waals surface area contributed by atoms with Gasteiger partial charge in [0.15, 0.2) is 0 Å². The smallest absolute Gasteiger partial charge is 0.407 e. The quantitative estimate of drug-likeness (QED) is 0.204. The van der Waals surface area contributed by atoms with E-state index in [1.54, 1.807) is 44.4 Å². The Morgan fingerprint density at radius 2 is 1.93 bits per heavy atom. The first-order valence-electron chi connectivity index (χ1n) is 13.8. The molecule has 12 nitrogen and oxygen atoms in total. The molecule has 0 aliphatic heterocycles. The van der Waals surface area contributed by atoms with E-state index < -0.39 is 35.2 Å². The molecule has 2 heterocycles. The number of nitrogens with one attached hydrogen (secondary N) is 3. The molecule has 2 aromatic heterocycles. The van der Waals surface area contributed by atoms with Gasteiger partial charge in [-0.15, -0.1) is 0 Å². The first-order chi connectivity index (χ1) is 21.5. The number of ether oxygens (including phenoxy) is 2. The van der Waals surface area contributed by atoms with E-state index in [9.17, 15) is 28.0 Å². The second-order valence-electron chi connectivity index (χ2n) is 10.1. The Labute approximate surface area is 256 Å². The van der Waals surface area contributed by atoms with Crippen LogP contribution in [0.4, 0.5) is 19.3 Å². The standard InChI is InChI=1S/C31H32F2N6O6/c1-38(2)28(40)9-5-4-7-24(37-31(43)44-3)29(41)36-25-8-6-14-39(30(25)42)17-27-34-23-13-12-21(16-26(23)35-27)45-18-19-10-11-20(32)15-22(19)33/h5-6,8-16,24H,4,7,17-18H2,1-3H3,(H,34,35)(H,36,41)(H,37,43)/b9-5+. The second-order valence-corrected chi connectivity index (χ2v) is 10.1. The van der Waals surface area contributed by atoms with E-state index in [0.717, 1.165) is 19.2 Å². The van der Waals surface area contributed by atoms with Crippen LogP contribution in [0.2, 0.25) is 0 Å². The topological polar surface area (TPSA) is 148 Å². The number of methoxy groups -OCH3 is 1. The number of aromatic nitrogens is 3. The molecule has 2 aromatic carbocycles. The summed E-state index contributed by atoms with van der Waals surface area (Å²) in [5, 5.41) is 5.01. The van der Waals surface area contributed by atoms with Crippen molar-refractivity contribution in [2.45, 2.75) is 32.0 Å². The van der Waals surface area contributed by atoms with Gasteiger partial charge in [0, 0.05) is 38.0 Å². The van der Waals surface area contributed by atoms with Crippen LogP contribution in [0.1, 0.15) is 24.2 Å². The molecule has 0 spiro atoms. The van der Waals surface area contributed by atoms with Crippen LogP contribution in [0.5, 0.6) is 5.75 Å². The molecule has 14 heteroatoms. The van der Waals surface area contributed by atoms with Gasteiger partial charge in [0.2, 0.25) is 11.8 Å². The highest BCUT2D eigenvalue weighted by Gasteiger charge is 2.22. The summed E-state index contributed by atoms with van der Waals surface area (Å²) in [4.78, 5) is 58.9. The highest BCUT2D eigenvalue weighted by Crippen LogP contribution is 2.21. The first kappa shape index (κ1) is 32.4. The van der Waals surface area contributed by atoms with Gasteiger partial charge in [-0.3, -0.25) is 14.4 Å². The molecule has 45 heavy (non-hydrogen) atoms. The van der Waals surface area contributed by atoms with E-state index in [2.05, 4.69) is 25.3 Å². The van der Waals surface area contributed by atoms with E-state index in [-0.39, 0.29) is 36.7 Å². The zero-order chi connectivity index (χ0) is 32.5. The number of carbonyl (C=O) groups is 3. The van der Waals surface area contributed by atoms with Crippen molar-refractivity contribution in [3.63, 3.8) is 0 Å². The van der Waals surface area contributed by atoms with Gasteiger partial charge in [-0.25, -0.2) is 18.6 Å². The van der Waals surface area contributed by atoms with Gasteiger partial charge in [0.1, 0.15) is 41.5 Å². The number of hydrogen-bond acceptors (Lipinski definition) is 7. The fourth-order valence-corrected chi connectivity index (χ4v) is 4.21. The third kappa shape index (κ3) is 8.75. The molecule has 3 amide bonds. The number of imidazole rings is 1. The molecule has 3 N–H and O–H groups in total. The Morgan fingerprint density at radius 3 is 2.67 bits per heavy atom. The minimum absolute atomic E-state index is 0.0164. The number of likely N-dealkylation sites (N-methyl/N-ethyl adjacent to an activating group) is 1. The van der Waals surface area contributed by atoms with Crippen molar-refractivity contribution in [1.29, 1.82) is 0 Å². The fourth-order valence-electron chi connectivity index (χ4n) is 4.21. The largest absolute Gasteiger partial charge is 0.489 e. The van der Waals surface area contributed by atoms with Gasteiger partial charge >= 0.3 is 6.09 Å². The van der Waals surface area contributed by atoms with Crippen LogP contribution in [0.3, 0.4) is 0 Å². The molecular weight excluding hydrogens is 590 g/mol. The van der Waals surface area contributed by atoms with Crippen molar-refractivity contribution in [3.8, 4) is 5.75 Å². The van der Waals surface area contributed by atoms with Crippen LogP contribution in [-0.4, -0.2) is 64.6 Å². The molecule has 0 bridgehead atoms. The Morgan fingerprint density at radius 1 is 1.13 bits per heavy atom. The summed E-state index contributed by atoms with van der Waals surface area (Å²) in [5.41, 5.74) is 0.884. The highest BCUT2D eigenvalue weighted by atomic mass is 19.1. The summed E-state index contributed by atoms with van der Waals surface area (Å²) in [7, 11) is 4.38. The number of rotatable bonds is 12. The van der Waals surface area contributed by atoms with Gasteiger partial charge < -0.3 is 34.6 Å². The van der Waals surface area contributed by atoms with Crippen LogP contribution < -0.4 is 20.9 Å². The third-order valence-electron chi connectivity index (χ3n) is 6.63. The van der Waals surface area contributed by atoms with Crippen LogP contribution >= 0.6 is 0 Å². The maximum atomic E-state index is 13.9. The van der Waals surface area contributed by atoms with Crippen LogP contribution in [0.25, 0.3) is 11.0 Å². The van der Waals surface area contributed by atoms with E-state index in [1.807, 2.05) is 0 Å². The minimum atomic E-state index is -1.05. The van der Waals surface area contributed by atoms with E-state index >= 15 is 0 Å². The number of allylic oxidation sites excluding steroid dienone is 1. The number of alkyl carbamates (subject to hydrolysis) is 1. The predicted molar refractivity (Wildman–Crippen MR) is 162 cm³/mol. The second kappa shape index (κ2) is 14.8. The summed E-state index contributed by atoms with van der Waals surface area (Å²) in [6.45, 7) is -0.0574. The maximum absolute atomic E-state index is 13.9. The van der Waals surface area contributed by atoms with Crippen LogP contribution in [0, 0.1) is 11.6 Å². The number of amides is 3. The van der Waals surface area contributed by atoms with Gasteiger partial charge in [-0.1, -0.05) is 6.08 Å². The SMILES string of the molecule is COC(=O)NC(CC/C=C/C(=O)N(C)C)C(=O)Nc1cccn(Cc2nc3ccc(OCc4ccc(F)cc4F)cc3[nH]2)c1=O. The lowest BCUT2D eigenvalue weighted by molar-refractivity contribution is -0.123. The lowest BCUT2D eigenvalue weighted by Gasteiger charge is -2.17. The van der Waals surface area contributed by atoms with Crippen molar-refractivity contribution in [3.05, 3.63) is 100 Å². The van der Waals surface area contributed by atoms with E-state index in [4.69, 9.17) is 4.74 Å². The van der Waals surface area contributed by atoms with Gasteiger partial charge in [0.25, 0.3) is 5.56 Å². The molecule has 0 saturated carbocycles. The maximum Gasteiger partial charge on any atom is 0.407 e. The Balaban J connectivity index is 1.43. The van der Waals surface area contributed by atoms with Crippen molar-refractivity contribution in [2.24, 2.45) is 0 Å². The zero-order valence-electron chi connectivity index (χ0n) is 24.8. The number of pyridine rings is 1. The van der Waals surface area contributed by atoms with Gasteiger partial charge in [-0.2, -0.15) is 0 Å². The number of aromatic amines is 1. The van der Waals surface area contributed by atoms with Gasteiger partial charge in [-0.05, 0) is 55.3 Å².